The number of nitrogens with zero attached hydrogens (tertiary/aromatic N) is 2. The minimum Gasteiger partial charge on any atom is -0.444 e. The number of carbonyl (C=O) groups excluding carboxylic acids is 1. The third kappa shape index (κ3) is 9.65. The fourth-order valence-electron chi connectivity index (χ4n) is 2.95. The van der Waals surface area contributed by atoms with E-state index in [-0.39, 0.29) is 18.1 Å². The first-order chi connectivity index (χ1) is 12.6. The Bertz CT molecular complexity index is 491. The Morgan fingerprint density at radius 3 is 2.44 bits per heavy atom. The van der Waals surface area contributed by atoms with Crippen molar-refractivity contribution in [1.82, 2.24) is 20.9 Å². The van der Waals surface area contributed by atoms with Gasteiger partial charge in [-0.2, -0.15) is 0 Å². The Labute approximate surface area is 165 Å². The zero-order chi connectivity index (χ0) is 20.4. The van der Waals surface area contributed by atoms with Gasteiger partial charge in [-0.1, -0.05) is 19.9 Å². The van der Waals surface area contributed by atoms with Gasteiger partial charge in [-0.25, -0.2) is 4.79 Å². The van der Waals surface area contributed by atoms with Crippen molar-refractivity contribution in [2.75, 3.05) is 33.2 Å². The van der Waals surface area contributed by atoms with Gasteiger partial charge in [0.25, 0.3) is 0 Å². The Kier molecular flexibility index (Phi) is 9.63. The number of likely N-dealkylation sites (tertiary alicyclic amines) is 1. The Morgan fingerprint density at radius 2 is 1.96 bits per heavy atom. The maximum atomic E-state index is 12.1. The van der Waals surface area contributed by atoms with Gasteiger partial charge >= 0.3 is 6.09 Å². The van der Waals surface area contributed by atoms with Crippen molar-refractivity contribution in [2.45, 2.75) is 65.1 Å². The molecule has 7 heteroatoms. The highest BCUT2D eigenvalue weighted by molar-refractivity contribution is 5.80. The van der Waals surface area contributed by atoms with Gasteiger partial charge in [0.15, 0.2) is 5.96 Å². The number of rotatable bonds is 7. The smallest absolute Gasteiger partial charge is 0.407 e. The first-order valence-electron chi connectivity index (χ1n) is 9.94. The molecule has 1 aliphatic heterocycles. The third-order valence-corrected chi connectivity index (χ3v) is 4.54. The van der Waals surface area contributed by atoms with E-state index in [0.717, 1.165) is 38.4 Å². The Balaban J connectivity index is 2.46. The molecule has 0 spiro atoms. The molecule has 0 bridgehead atoms. The molecule has 1 saturated heterocycles. The molecule has 0 aromatic rings. The lowest BCUT2D eigenvalue weighted by Gasteiger charge is -2.32. The number of alkyl carbamates (subject to hydrolysis) is 1. The summed E-state index contributed by atoms with van der Waals surface area (Å²) in [6.45, 7) is 17.2. The molecule has 1 heterocycles. The van der Waals surface area contributed by atoms with Crippen LogP contribution in [0.1, 0.15) is 47.5 Å². The van der Waals surface area contributed by atoms with E-state index in [1.54, 1.807) is 7.05 Å². The van der Waals surface area contributed by atoms with Crippen LogP contribution in [-0.2, 0) is 4.74 Å². The summed E-state index contributed by atoms with van der Waals surface area (Å²) in [6, 6.07) is 0.362. The molecule has 156 valence electrons. The predicted octanol–water partition coefficient (Wildman–Crippen LogP) is 2.35. The second-order valence-electron chi connectivity index (χ2n) is 8.46. The normalized spacial score (nSPS) is 18.1. The number of amides is 1. The van der Waals surface area contributed by atoms with Crippen LogP contribution in [0.2, 0.25) is 0 Å². The highest BCUT2D eigenvalue weighted by atomic mass is 16.6. The van der Waals surface area contributed by atoms with Crippen LogP contribution in [-0.4, -0.2) is 67.9 Å². The lowest BCUT2D eigenvalue weighted by atomic mass is 10.0. The molecule has 0 aromatic carbocycles. The molecule has 1 unspecified atom stereocenters. The Morgan fingerprint density at radius 1 is 1.33 bits per heavy atom. The van der Waals surface area contributed by atoms with Crippen molar-refractivity contribution in [3.8, 4) is 0 Å². The monoisotopic (exact) mass is 381 g/mol. The van der Waals surface area contributed by atoms with Gasteiger partial charge in [0.1, 0.15) is 5.60 Å². The molecule has 1 aliphatic rings. The van der Waals surface area contributed by atoms with Gasteiger partial charge in [-0.15, -0.1) is 6.58 Å². The number of nitrogens with one attached hydrogen (secondary N) is 3. The van der Waals surface area contributed by atoms with E-state index >= 15 is 0 Å². The van der Waals surface area contributed by atoms with Crippen LogP contribution < -0.4 is 16.0 Å². The number of guanidine groups is 1. The summed E-state index contributed by atoms with van der Waals surface area (Å²) >= 11 is 0. The molecule has 0 aromatic heterocycles. The highest BCUT2D eigenvalue weighted by Gasteiger charge is 2.23. The lowest BCUT2D eigenvalue weighted by molar-refractivity contribution is 0.0491. The summed E-state index contributed by atoms with van der Waals surface area (Å²) in [5, 5.41) is 9.79. The van der Waals surface area contributed by atoms with Gasteiger partial charge in [0.05, 0.1) is 6.04 Å². The standard InChI is InChI=1S/C20H39N5O2/c1-8-11-25-12-9-16(10-13-25)23-18(21-7)22-14-17(15(2)3)24-19(26)27-20(4,5)6/h8,15-17H,1,9-14H2,2-7H3,(H,24,26)(H2,21,22,23). The summed E-state index contributed by atoms with van der Waals surface area (Å²) < 4.78 is 5.37. The molecule has 27 heavy (non-hydrogen) atoms. The van der Waals surface area contributed by atoms with Gasteiger partial charge in [-0.3, -0.25) is 9.89 Å². The van der Waals surface area contributed by atoms with Gasteiger partial charge in [0, 0.05) is 39.3 Å². The average molecular weight is 382 g/mol. The maximum absolute atomic E-state index is 12.1. The predicted molar refractivity (Wildman–Crippen MR) is 112 cm³/mol. The lowest BCUT2D eigenvalue weighted by Crippen LogP contribution is -2.53. The molecule has 0 aliphatic carbocycles. The molecule has 3 N–H and O–H groups in total. The summed E-state index contributed by atoms with van der Waals surface area (Å²) in [5.41, 5.74) is -0.503. The van der Waals surface area contributed by atoms with Crippen molar-refractivity contribution in [3.63, 3.8) is 0 Å². The van der Waals surface area contributed by atoms with Crippen molar-refractivity contribution in [3.05, 3.63) is 12.7 Å². The zero-order valence-corrected chi connectivity index (χ0v) is 18.0. The van der Waals surface area contributed by atoms with E-state index in [2.05, 4.69) is 46.3 Å². The van der Waals surface area contributed by atoms with Gasteiger partial charge < -0.3 is 20.7 Å². The van der Waals surface area contributed by atoms with Crippen molar-refractivity contribution < 1.29 is 9.53 Å². The van der Waals surface area contributed by atoms with E-state index in [0.29, 0.717) is 12.6 Å². The molecule has 1 amide bonds. The van der Waals surface area contributed by atoms with E-state index < -0.39 is 5.60 Å². The second-order valence-corrected chi connectivity index (χ2v) is 8.46. The zero-order valence-electron chi connectivity index (χ0n) is 18.0. The van der Waals surface area contributed by atoms with Crippen LogP contribution >= 0.6 is 0 Å². The van der Waals surface area contributed by atoms with Crippen molar-refractivity contribution in [1.29, 1.82) is 0 Å². The average Bonchev–Trinajstić information content (AvgIpc) is 2.57. The number of ether oxygens (including phenoxy) is 1. The molecule has 1 rings (SSSR count). The molecule has 7 nitrogen and oxygen atoms in total. The van der Waals surface area contributed by atoms with Crippen LogP contribution in [0.3, 0.4) is 0 Å². The minimum atomic E-state index is -0.503. The summed E-state index contributed by atoms with van der Waals surface area (Å²) in [5.74, 6) is 1.04. The summed E-state index contributed by atoms with van der Waals surface area (Å²) in [6.07, 6.45) is 3.73. The highest BCUT2D eigenvalue weighted by Crippen LogP contribution is 2.10. The van der Waals surface area contributed by atoms with Crippen LogP contribution in [0, 0.1) is 5.92 Å². The molecule has 0 radical (unpaired) electrons. The maximum Gasteiger partial charge on any atom is 0.407 e. The first-order valence-corrected chi connectivity index (χ1v) is 9.94. The minimum absolute atomic E-state index is 0.0483. The topological polar surface area (TPSA) is 78.0 Å². The first kappa shape index (κ1) is 23.3. The van der Waals surface area contributed by atoms with Gasteiger partial charge in [0.2, 0.25) is 0 Å². The number of hydrogen-bond donors (Lipinski definition) is 3. The molecular weight excluding hydrogens is 342 g/mol. The number of piperidine rings is 1. The van der Waals surface area contributed by atoms with Crippen LogP contribution in [0.15, 0.2) is 17.6 Å². The van der Waals surface area contributed by atoms with Crippen LogP contribution in [0.5, 0.6) is 0 Å². The molecule has 1 fully saturated rings. The summed E-state index contributed by atoms with van der Waals surface area (Å²) in [7, 11) is 1.77. The van der Waals surface area contributed by atoms with E-state index in [1.165, 1.54) is 0 Å². The second kappa shape index (κ2) is 11.2. The van der Waals surface area contributed by atoms with Gasteiger partial charge in [-0.05, 0) is 39.5 Å². The quantitative estimate of drug-likeness (QED) is 0.358. The molecule has 0 saturated carbocycles. The van der Waals surface area contributed by atoms with E-state index in [9.17, 15) is 4.79 Å². The third-order valence-electron chi connectivity index (χ3n) is 4.54. The Hall–Kier alpha value is -1.76. The van der Waals surface area contributed by atoms with Crippen LogP contribution in [0.25, 0.3) is 0 Å². The largest absolute Gasteiger partial charge is 0.444 e. The van der Waals surface area contributed by atoms with Crippen molar-refractivity contribution in [2.24, 2.45) is 10.9 Å². The number of aliphatic imine (C=N–C) groups is 1. The number of carbonyl (C=O) groups is 1. The SMILES string of the molecule is C=CCN1CCC(NC(=NC)NCC(NC(=O)OC(C)(C)C)C(C)C)CC1. The van der Waals surface area contributed by atoms with E-state index in [4.69, 9.17) is 4.74 Å². The molecule has 1 atom stereocenters. The summed E-state index contributed by atoms with van der Waals surface area (Å²) in [4.78, 5) is 18.8. The number of hydrogen-bond acceptors (Lipinski definition) is 4. The fraction of sp³-hybridized carbons (Fsp3) is 0.800. The van der Waals surface area contributed by atoms with Crippen LogP contribution in [0.4, 0.5) is 4.79 Å². The van der Waals surface area contributed by atoms with E-state index in [1.807, 2.05) is 26.8 Å². The van der Waals surface area contributed by atoms with Crippen molar-refractivity contribution >= 4 is 12.1 Å². The molecular formula is C20H39N5O2. The fourth-order valence-corrected chi connectivity index (χ4v) is 2.95.